The molecule has 3 rings (SSSR count). The van der Waals surface area contributed by atoms with Gasteiger partial charge < -0.3 is 20.1 Å². The Bertz CT molecular complexity index is 490. The monoisotopic (exact) mass is 282 g/mol. The number of carbonyl (C=O) groups excluding carboxylic acids is 1. The van der Waals surface area contributed by atoms with Gasteiger partial charge in [0, 0.05) is 17.6 Å². The second-order valence-electron chi connectivity index (χ2n) is 7.51. The Morgan fingerprint density at radius 2 is 1.85 bits per heavy atom. The maximum atomic E-state index is 11.8. The number of aliphatic hydroxyl groups excluding tert-OH is 2. The summed E-state index contributed by atoms with van der Waals surface area (Å²) in [6, 6.07) is 0. The van der Waals surface area contributed by atoms with E-state index in [1.807, 2.05) is 0 Å². The number of carbonyl (C=O) groups is 1. The molecule has 20 heavy (non-hydrogen) atoms. The van der Waals surface area contributed by atoms with Gasteiger partial charge in [0.15, 0.2) is 0 Å². The molecule has 0 aromatic carbocycles. The third-order valence-electron chi connectivity index (χ3n) is 5.21. The number of esters is 1. The van der Waals surface area contributed by atoms with Gasteiger partial charge >= 0.3 is 5.97 Å². The van der Waals surface area contributed by atoms with Crippen molar-refractivity contribution in [2.75, 3.05) is 0 Å². The summed E-state index contributed by atoms with van der Waals surface area (Å²) >= 11 is 0. The number of hydrogen-bond donors (Lipinski definition) is 3. The number of rotatable bonds is 0. The molecule has 0 unspecified atom stereocenters. The third kappa shape index (κ3) is 1.91. The molecule has 5 nitrogen and oxygen atoms in total. The predicted molar refractivity (Wildman–Crippen MR) is 70.4 cm³/mol. The van der Waals surface area contributed by atoms with E-state index < -0.39 is 24.0 Å². The van der Waals surface area contributed by atoms with Gasteiger partial charge in [0.05, 0.1) is 11.7 Å². The molecule has 0 aromatic heterocycles. The highest BCUT2D eigenvalue weighted by atomic mass is 16.6. The van der Waals surface area contributed by atoms with Crippen molar-refractivity contribution in [1.29, 1.82) is 0 Å². The molecule has 112 valence electrons. The van der Waals surface area contributed by atoms with Crippen LogP contribution < -0.4 is 0 Å². The first-order valence-corrected chi connectivity index (χ1v) is 7.15. The van der Waals surface area contributed by atoms with Crippen molar-refractivity contribution in [3.05, 3.63) is 11.1 Å². The molecule has 0 saturated heterocycles. The maximum absolute atomic E-state index is 11.8. The lowest BCUT2D eigenvalue weighted by atomic mass is 9.78. The molecule has 0 aromatic rings. The van der Waals surface area contributed by atoms with E-state index in [9.17, 15) is 20.1 Å². The fourth-order valence-electron chi connectivity index (χ4n) is 4.34. The molecule has 1 fully saturated rings. The quantitative estimate of drug-likeness (QED) is 0.570. The molecule has 1 saturated carbocycles. The summed E-state index contributed by atoms with van der Waals surface area (Å²) in [7, 11) is 0. The Hall–Kier alpha value is -0.910. The first-order valence-electron chi connectivity index (χ1n) is 7.15. The molecule has 0 amide bonds. The SMILES string of the molecule is CC1(C)C[C@@H]2[C@@H](C1)[C@@](C)(O)CC1=C([C@H](O)OC1=O)[C@@H]2O. The van der Waals surface area contributed by atoms with Gasteiger partial charge in [-0.2, -0.15) is 0 Å². The van der Waals surface area contributed by atoms with E-state index in [2.05, 4.69) is 13.8 Å². The Balaban J connectivity index is 2.07. The normalized spacial score (nSPS) is 46.8. The van der Waals surface area contributed by atoms with Crippen LogP contribution in [0.4, 0.5) is 0 Å². The van der Waals surface area contributed by atoms with Crippen molar-refractivity contribution in [2.24, 2.45) is 17.3 Å². The number of hydrogen-bond acceptors (Lipinski definition) is 5. The number of ether oxygens (including phenoxy) is 1. The summed E-state index contributed by atoms with van der Waals surface area (Å²) in [6.45, 7) is 5.95. The zero-order valence-corrected chi connectivity index (χ0v) is 12.1. The van der Waals surface area contributed by atoms with Crippen molar-refractivity contribution >= 4 is 5.97 Å². The summed E-state index contributed by atoms with van der Waals surface area (Å²) in [4.78, 5) is 11.8. The summed E-state index contributed by atoms with van der Waals surface area (Å²) in [5.41, 5.74) is -0.519. The van der Waals surface area contributed by atoms with Crippen molar-refractivity contribution < 1.29 is 24.9 Å². The molecule has 5 atom stereocenters. The lowest BCUT2D eigenvalue weighted by Gasteiger charge is -2.34. The van der Waals surface area contributed by atoms with Crippen LogP contribution in [0, 0.1) is 17.3 Å². The molecule has 0 bridgehead atoms. The molecule has 5 heteroatoms. The molecule has 1 heterocycles. The van der Waals surface area contributed by atoms with Crippen LogP contribution in [0.2, 0.25) is 0 Å². The van der Waals surface area contributed by atoms with Gasteiger partial charge in [-0.05, 0) is 37.0 Å². The maximum Gasteiger partial charge on any atom is 0.336 e. The van der Waals surface area contributed by atoms with Crippen molar-refractivity contribution in [3.63, 3.8) is 0 Å². The highest BCUT2D eigenvalue weighted by molar-refractivity contribution is 5.92. The zero-order valence-electron chi connectivity index (χ0n) is 12.1. The lowest BCUT2D eigenvalue weighted by molar-refractivity contribution is -0.154. The minimum atomic E-state index is -1.37. The molecule has 0 spiro atoms. The van der Waals surface area contributed by atoms with Gasteiger partial charge in [0.25, 0.3) is 0 Å². The third-order valence-corrected chi connectivity index (χ3v) is 5.21. The Kier molecular flexibility index (Phi) is 2.85. The standard InChI is InChI=1S/C15H22O5/c1-14(2)4-7-9(6-14)15(3,19)5-8-10(11(7)16)13(18)20-12(8)17/h7,9,11,13,16,18-19H,4-6H2,1-3H3/t7-,9-,11-,13-,15+/m1/s1. The first-order chi connectivity index (χ1) is 9.12. The van der Waals surface area contributed by atoms with Crippen molar-refractivity contribution in [2.45, 2.75) is 58.0 Å². The number of fused-ring (bicyclic) bond motifs is 1. The molecule has 0 radical (unpaired) electrons. The van der Waals surface area contributed by atoms with Crippen molar-refractivity contribution in [3.8, 4) is 0 Å². The van der Waals surface area contributed by atoms with E-state index in [-0.39, 0.29) is 34.8 Å². The molecule has 2 aliphatic carbocycles. The van der Waals surface area contributed by atoms with Crippen LogP contribution in [0.25, 0.3) is 0 Å². The topological polar surface area (TPSA) is 87.0 Å². The van der Waals surface area contributed by atoms with Crippen LogP contribution >= 0.6 is 0 Å². The Morgan fingerprint density at radius 1 is 1.20 bits per heavy atom. The van der Waals surface area contributed by atoms with E-state index in [1.54, 1.807) is 6.92 Å². The second kappa shape index (κ2) is 4.06. The fraction of sp³-hybridized carbons (Fsp3) is 0.800. The van der Waals surface area contributed by atoms with Gasteiger partial charge in [-0.25, -0.2) is 4.79 Å². The van der Waals surface area contributed by atoms with Gasteiger partial charge in [-0.3, -0.25) is 0 Å². The number of cyclic esters (lactones) is 1. The van der Waals surface area contributed by atoms with E-state index in [4.69, 9.17) is 4.74 Å². The summed E-state index contributed by atoms with van der Waals surface area (Å²) < 4.78 is 4.80. The second-order valence-corrected chi connectivity index (χ2v) is 7.51. The Morgan fingerprint density at radius 3 is 2.50 bits per heavy atom. The smallest absolute Gasteiger partial charge is 0.336 e. The van der Waals surface area contributed by atoms with E-state index >= 15 is 0 Å². The predicted octanol–water partition coefficient (Wildman–Crippen LogP) is 0.726. The molecular weight excluding hydrogens is 260 g/mol. The van der Waals surface area contributed by atoms with Crippen LogP contribution in [0.5, 0.6) is 0 Å². The molecule has 1 aliphatic heterocycles. The van der Waals surface area contributed by atoms with Crippen molar-refractivity contribution in [1.82, 2.24) is 0 Å². The van der Waals surface area contributed by atoms with Crippen LogP contribution in [-0.2, 0) is 9.53 Å². The van der Waals surface area contributed by atoms with Crippen LogP contribution in [0.3, 0.4) is 0 Å². The van der Waals surface area contributed by atoms with Gasteiger partial charge in [-0.15, -0.1) is 0 Å². The minimum absolute atomic E-state index is 0.0345. The summed E-state index contributed by atoms with van der Waals surface area (Å²) in [5, 5.41) is 31.3. The summed E-state index contributed by atoms with van der Waals surface area (Å²) in [5.74, 6) is -0.860. The van der Waals surface area contributed by atoms with E-state index in [1.165, 1.54) is 0 Å². The molecule has 3 N–H and O–H groups in total. The zero-order chi connectivity index (χ0) is 14.9. The minimum Gasteiger partial charge on any atom is -0.428 e. The average molecular weight is 282 g/mol. The van der Waals surface area contributed by atoms with E-state index in [0.717, 1.165) is 12.8 Å². The van der Waals surface area contributed by atoms with Crippen LogP contribution in [0.1, 0.15) is 40.0 Å². The van der Waals surface area contributed by atoms with Crippen LogP contribution in [0.15, 0.2) is 11.1 Å². The summed E-state index contributed by atoms with van der Waals surface area (Å²) in [6.07, 6.45) is -0.606. The van der Waals surface area contributed by atoms with Crippen LogP contribution in [-0.4, -0.2) is 39.3 Å². The Labute approximate surface area is 118 Å². The lowest BCUT2D eigenvalue weighted by Crippen LogP contribution is -2.40. The number of aliphatic hydroxyl groups is 3. The first kappa shape index (κ1) is 14.0. The largest absolute Gasteiger partial charge is 0.428 e. The highest BCUT2D eigenvalue weighted by Crippen LogP contribution is 2.55. The molecular formula is C15H22O5. The van der Waals surface area contributed by atoms with Gasteiger partial charge in [0.2, 0.25) is 6.29 Å². The highest BCUT2D eigenvalue weighted by Gasteiger charge is 2.56. The van der Waals surface area contributed by atoms with Gasteiger partial charge in [-0.1, -0.05) is 13.8 Å². The van der Waals surface area contributed by atoms with Gasteiger partial charge in [0.1, 0.15) is 0 Å². The molecule has 3 aliphatic rings. The fourth-order valence-corrected chi connectivity index (χ4v) is 4.34. The average Bonchev–Trinajstić information content (AvgIpc) is 2.74. The van der Waals surface area contributed by atoms with E-state index in [0.29, 0.717) is 0 Å².